The lowest BCUT2D eigenvalue weighted by Crippen LogP contribution is -2.24. The van der Waals surface area contributed by atoms with E-state index in [1.807, 2.05) is 0 Å². The van der Waals surface area contributed by atoms with E-state index < -0.39 is 16.0 Å². The number of carbonyl (C=O) groups excluding carboxylic acids is 2. The Labute approximate surface area is 152 Å². The quantitative estimate of drug-likeness (QED) is 0.779. The molecular formula is C18H20N2O5S. The number of hydrogen-bond acceptors (Lipinski definition) is 5. The SMILES string of the molecule is COC(=O)c1ccccc1NC(=O)Cc1ccc(N(C)S(C)(=O)=O)cc1. The zero-order valence-electron chi connectivity index (χ0n) is 14.7. The van der Waals surface area contributed by atoms with Crippen LogP contribution in [-0.2, 0) is 26.0 Å². The summed E-state index contributed by atoms with van der Waals surface area (Å²) in [5.74, 6) is -0.834. The Balaban J connectivity index is 2.08. The first-order valence-corrected chi connectivity index (χ1v) is 9.57. The highest BCUT2D eigenvalue weighted by Crippen LogP contribution is 2.18. The molecule has 138 valence electrons. The summed E-state index contributed by atoms with van der Waals surface area (Å²) in [7, 11) is -0.605. The molecule has 0 fully saturated rings. The van der Waals surface area contributed by atoms with Gasteiger partial charge in [0.05, 0.1) is 36.7 Å². The standard InChI is InChI=1S/C18H20N2O5S/c1-20(26(3,23)24)14-10-8-13(9-11-14)12-17(21)19-16-7-5-4-6-15(16)18(22)25-2/h4-11H,12H2,1-3H3,(H,19,21). The van der Waals surface area contributed by atoms with Gasteiger partial charge in [0.2, 0.25) is 15.9 Å². The number of amides is 1. The van der Waals surface area contributed by atoms with Crippen LogP contribution in [0.15, 0.2) is 48.5 Å². The van der Waals surface area contributed by atoms with Crippen LogP contribution >= 0.6 is 0 Å². The van der Waals surface area contributed by atoms with Crippen molar-refractivity contribution in [3.8, 4) is 0 Å². The topological polar surface area (TPSA) is 92.8 Å². The number of sulfonamides is 1. The van der Waals surface area contributed by atoms with Gasteiger partial charge in [0.1, 0.15) is 0 Å². The Kier molecular flexibility index (Phi) is 5.99. The second kappa shape index (κ2) is 8.01. The molecule has 1 amide bonds. The molecule has 1 N–H and O–H groups in total. The molecule has 0 aliphatic rings. The molecule has 0 spiro atoms. The van der Waals surface area contributed by atoms with Gasteiger partial charge in [-0.3, -0.25) is 9.10 Å². The van der Waals surface area contributed by atoms with Gasteiger partial charge in [-0.25, -0.2) is 13.2 Å². The fraction of sp³-hybridized carbons (Fsp3) is 0.222. The van der Waals surface area contributed by atoms with Gasteiger partial charge in [-0.1, -0.05) is 24.3 Å². The minimum absolute atomic E-state index is 0.0817. The normalized spacial score (nSPS) is 10.9. The molecule has 0 aromatic heterocycles. The lowest BCUT2D eigenvalue weighted by Gasteiger charge is -2.16. The molecule has 0 saturated heterocycles. The first kappa shape index (κ1) is 19.5. The van der Waals surface area contributed by atoms with Crippen molar-refractivity contribution in [2.75, 3.05) is 30.0 Å². The lowest BCUT2D eigenvalue weighted by atomic mass is 10.1. The van der Waals surface area contributed by atoms with E-state index in [1.54, 1.807) is 48.5 Å². The van der Waals surface area contributed by atoms with Crippen molar-refractivity contribution in [2.45, 2.75) is 6.42 Å². The number of anilines is 2. The van der Waals surface area contributed by atoms with Gasteiger partial charge in [0, 0.05) is 7.05 Å². The first-order chi connectivity index (χ1) is 12.2. The predicted molar refractivity (Wildman–Crippen MR) is 99.8 cm³/mol. The summed E-state index contributed by atoms with van der Waals surface area (Å²) in [6, 6.07) is 13.2. The van der Waals surface area contributed by atoms with Crippen molar-refractivity contribution in [3.05, 3.63) is 59.7 Å². The summed E-state index contributed by atoms with van der Waals surface area (Å²) in [4.78, 5) is 24.0. The number of hydrogen-bond donors (Lipinski definition) is 1. The Bertz CT molecular complexity index is 907. The van der Waals surface area contributed by atoms with Gasteiger partial charge in [-0.2, -0.15) is 0 Å². The molecule has 0 aliphatic carbocycles. The summed E-state index contributed by atoms with van der Waals surface area (Å²) >= 11 is 0. The first-order valence-electron chi connectivity index (χ1n) is 7.72. The van der Waals surface area contributed by atoms with Crippen LogP contribution < -0.4 is 9.62 Å². The average molecular weight is 376 g/mol. The van der Waals surface area contributed by atoms with Crippen LogP contribution in [0, 0.1) is 0 Å². The van der Waals surface area contributed by atoms with Gasteiger partial charge in [-0.05, 0) is 29.8 Å². The third-order valence-corrected chi connectivity index (χ3v) is 4.97. The molecule has 2 aromatic rings. The average Bonchev–Trinajstić information content (AvgIpc) is 2.60. The maximum atomic E-state index is 12.3. The molecule has 0 atom stereocenters. The number of ether oxygens (including phenoxy) is 1. The second-order valence-corrected chi connectivity index (χ2v) is 7.67. The summed E-state index contributed by atoms with van der Waals surface area (Å²) in [5.41, 5.74) is 1.86. The molecule has 0 aliphatic heterocycles. The van der Waals surface area contributed by atoms with Crippen molar-refractivity contribution < 1.29 is 22.7 Å². The van der Waals surface area contributed by atoms with Crippen LogP contribution in [-0.4, -0.2) is 40.7 Å². The molecular weight excluding hydrogens is 356 g/mol. The van der Waals surface area contributed by atoms with Gasteiger partial charge >= 0.3 is 5.97 Å². The molecule has 0 heterocycles. The highest BCUT2D eigenvalue weighted by molar-refractivity contribution is 7.92. The van der Waals surface area contributed by atoms with E-state index in [1.165, 1.54) is 14.2 Å². The third-order valence-electron chi connectivity index (χ3n) is 3.77. The van der Waals surface area contributed by atoms with E-state index in [4.69, 9.17) is 4.74 Å². The molecule has 0 unspecified atom stereocenters. The highest BCUT2D eigenvalue weighted by atomic mass is 32.2. The number of methoxy groups -OCH3 is 1. The number of nitrogens with zero attached hydrogens (tertiary/aromatic N) is 1. The van der Waals surface area contributed by atoms with Crippen LogP contribution in [0.1, 0.15) is 15.9 Å². The molecule has 8 heteroatoms. The summed E-state index contributed by atoms with van der Waals surface area (Å²) in [6.45, 7) is 0. The smallest absolute Gasteiger partial charge is 0.339 e. The van der Waals surface area contributed by atoms with Crippen molar-refractivity contribution >= 4 is 33.3 Å². The minimum atomic E-state index is -3.34. The largest absolute Gasteiger partial charge is 0.465 e. The molecule has 2 aromatic carbocycles. The van der Waals surface area contributed by atoms with E-state index in [0.29, 0.717) is 16.9 Å². The van der Waals surface area contributed by atoms with E-state index >= 15 is 0 Å². The van der Waals surface area contributed by atoms with Crippen molar-refractivity contribution in [1.82, 2.24) is 0 Å². The maximum absolute atomic E-state index is 12.3. The molecule has 2 rings (SSSR count). The van der Waals surface area contributed by atoms with Crippen LogP contribution in [0.25, 0.3) is 0 Å². The fourth-order valence-corrected chi connectivity index (χ4v) is 2.78. The summed E-state index contributed by atoms with van der Waals surface area (Å²) in [5, 5.41) is 2.69. The maximum Gasteiger partial charge on any atom is 0.339 e. The molecule has 7 nitrogen and oxygen atoms in total. The molecule has 0 saturated carbocycles. The van der Waals surface area contributed by atoms with Gasteiger partial charge < -0.3 is 10.1 Å². The van der Waals surface area contributed by atoms with E-state index in [9.17, 15) is 18.0 Å². The van der Waals surface area contributed by atoms with Gasteiger partial charge in [0.25, 0.3) is 0 Å². The molecule has 0 radical (unpaired) electrons. The summed E-state index contributed by atoms with van der Waals surface area (Å²) in [6.07, 6.45) is 1.20. The second-order valence-electron chi connectivity index (χ2n) is 5.66. The molecule has 0 bridgehead atoms. The number of esters is 1. The molecule has 26 heavy (non-hydrogen) atoms. The zero-order chi connectivity index (χ0) is 19.3. The number of nitrogens with one attached hydrogen (secondary N) is 1. The fourth-order valence-electron chi connectivity index (χ4n) is 2.28. The van der Waals surface area contributed by atoms with Gasteiger partial charge in [-0.15, -0.1) is 0 Å². The Morgan fingerprint density at radius 2 is 1.69 bits per heavy atom. The summed E-state index contributed by atoms with van der Waals surface area (Å²) < 4.78 is 28.9. The number of carbonyl (C=O) groups is 2. The number of para-hydroxylation sites is 1. The number of rotatable bonds is 6. The van der Waals surface area contributed by atoms with Crippen LogP contribution in [0.5, 0.6) is 0 Å². The van der Waals surface area contributed by atoms with E-state index in [0.717, 1.165) is 10.6 Å². The van der Waals surface area contributed by atoms with Crippen LogP contribution in [0.2, 0.25) is 0 Å². The van der Waals surface area contributed by atoms with Crippen molar-refractivity contribution in [1.29, 1.82) is 0 Å². The van der Waals surface area contributed by atoms with Crippen molar-refractivity contribution in [2.24, 2.45) is 0 Å². The van der Waals surface area contributed by atoms with Crippen LogP contribution in [0.3, 0.4) is 0 Å². The Hall–Kier alpha value is -2.87. The third kappa shape index (κ3) is 4.82. The van der Waals surface area contributed by atoms with E-state index in [-0.39, 0.29) is 17.9 Å². The number of benzene rings is 2. The predicted octanol–water partition coefficient (Wildman–Crippen LogP) is 2.05. The lowest BCUT2D eigenvalue weighted by molar-refractivity contribution is -0.115. The monoisotopic (exact) mass is 376 g/mol. The van der Waals surface area contributed by atoms with Gasteiger partial charge in [0.15, 0.2) is 0 Å². The van der Waals surface area contributed by atoms with Crippen LogP contribution in [0.4, 0.5) is 11.4 Å². The Morgan fingerprint density at radius 1 is 1.08 bits per heavy atom. The highest BCUT2D eigenvalue weighted by Gasteiger charge is 2.14. The van der Waals surface area contributed by atoms with E-state index in [2.05, 4.69) is 5.32 Å². The zero-order valence-corrected chi connectivity index (χ0v) is 15.5. The minimum Gasteiger partial charge on any atom is -0.465 e. The Morgan fingerprint density at radius 3 is 2.27 bits per heavy atom. The van der Waals surface area contributed by atoms with Crippen molar-refractivity contribution in [3.63, 3.8) is 0 Å².